The highest BCUT2D eigenvalue weighted by Gasteiger charge is 2.24. The van der Waals surface area contributed by atoms with Crippen LogP contribution in [0.15, 0.2) is 0 Å². The summed E-state index contributed by atoms with van der Waals surface area (Å²) >= 11 is 0. The van der Waals surface area contributed by atoms with Crippen LogP contribution in [-0.4, -0.2) is 56.8 Å². The van der Waals surface area contributed by atoms with E-state index >= 15 is 0 Å². The van der Waals surface area contributed by atoms with Gasteiger partial charge in [-0.05, 0) is 51.2 Å². The Hall–Kier alpha value is -0.260. The van der Waals surface area contributed by atoms with Crippen LogP contribution in [-0.2, 0) is 4.74 Å². The van der Waals surface area contributed by atoms with Gasteiger partial charge in [0, 0.05) is 12.6 Å². The van der Waals surface area contributed by atoms with Gasteiger partial charge < -0.3 is 15.0 Å². The predicted molar refractivity (Wildman–Crippen MR) is 67.0 cm³/mol. The van der Waals surface area contributed by atoms with E-state index in [1.165, 1.54) is 32.2 Å². The van der Waals surface area contributed by atoms with Gasteiger partial charge in [0.05, 0.1) is 6.61 Å². The third-order valence-corrected chi connectivity index (χ3v) is 3.78. The fourth-order valence-corrected chi connectivity index (χ4v) is 2.38. The molecule has 1 saturated heterocycles. The molecule has 1 aliphatic carbocycles. The summed E-state index contributed by atoms with van der Waals surface area (Å²) in [5.74, 6) is 0.936. The highest BCUT2D eigenvalue weighted by molar-refractivity contribution is 4.81. The summed E-state index contributed by atoms with van der Waals surface area (Å²) in [6.45, 7) is 4.06. The molecule has 1 N–H and O–H groups in total. The number of rotatable bonds is 8. The zero-order valence-corrected chi connectivity index (χ0v) is 10.9. The van der Waals surface area contributed by atoms with Crippen LogP contribution >= 0.6 is 0 Å². The normalized spacial score (nSPS) is 22.8. The molecular formula is C13H24F2N2O. The standard InChI is InChI=1S/C13H24F2N2O/c14-13(15)10-18-8-7-17-5-3-12(4-6-17)16-9-11-1-2-11/h11-13,16H,1-10H2. The Balaban J connectivity index is 1.47. The van der Waals surface area contributed by atoms with Crippen LogP contribution in [0.4, 0.5) is 8.78 Å². The lowest BCUT2D eigenvalue weighted by Gasteiger charge is -2.32. The first-order chi connectivity index (χ1) is 8.74. The molecule has 0 aromatic heterocycles. The molecule has 0 radical (unpaired) electrons. The largest absolute Gasteiger partial charge is 0.374 e. The van der Waals surface area contributed by atoms with Gasteiger partial charge in [0.2, 0.25) is 0 Å². The minimum Gasteiger partial charge on any atom is -0.374 e. The fourth-order valence-electron chi connectivity index (χ4n) is 2.38. The summed E-state index contributed by atoms with van der Waals surface area (Å²) < 4.78 is 28.6. The summed E-state index contributed by atoms with van der Waals surface area (Å²) in [4.78, 5) is 2.31. The monoisotopic (exact) mass is 262 g/mol. The number of ether oxygens (including phenoxy) is 1. The smallest absolute Gasteiger partial charge is 0.261 e. The van der Waals surface area contributed by atoms with Crippen molar-refractivity contribution in [3.05, 3.63) is 0 Å². The van der Waals surface area contributed by atoms with Crippen molar-refractivity contribution in [1.29, 1.82) is 0 Å². The van der Waals surface area contributed by atoms with Gasteiger partial charge in [0.25, 0.3) is 6.43 Å². The van der Waals surface area contributed by atoms with E-state index in [0.717, 1.165) is 25.6 Å². The SMILES string of the molecule is FC(F)COCCN1CCC(NCC2CC2)CC1. The summed E-state index contributed by atoms with van der Waals surface area (Å²) in [6.07, 6.45) is 2.78. The molecule has 1 saturated carbocycles. The van der Waals surface area contributed by atoms with Gasteiger partial charge in [-0.25, -0.2) is 8.78 Å². The summed E-state index contributed by atoms with van der Waals surface area (Å²) in [7, 11) is 0. The summed E-state index contributed by atoms with van der Waals surface area (Å²) in [5, 5.41) is 3.63. The molecule has 5 heteroatoms. The predicted octanol–water partition coefficient (Wildman–Crippen LogP) is 1.73. The molecular weight excluding hydrogens is 238 g/mol. The third kappa shape index (κ3) is 5.59. The van der Waals surface area contributed by atoms with Gasteiger partial charge in [-0.15, -0.1) is 0 Å². The molecule has 2 aliphatic rings. The molecule has 0 spiro atoms. The minimum absolute atomic E-state index is 0.421. The highest BCUT2D eigenvalue weighted by Crippen LogP contribution is 2.28. The summed E-state index contributed by atoms with van der Waals surface area (Å²) in [5.41, 5.74) is 0. The molecule has 0 aromatic carbocycles. The molecule has 1 aliphatic heterocycles. The molecule has 1 heterocycles. The van der Waals surface area contributed by atoms with Crippen molar-refractivity contribution in [2.45, 2.75) is 38.2 Å². The molecule has 2 rings (SSSR count). The first-order valence-electron chi connectivity index (χ1n) is 7.05. The van der Waals surface area contributed by atoms with E-state index in [1.54, 1.807) is 0 Å². The lowest BCUT2D eigenvalue weighted by atomic mass is 10.1. The van der Waals surface area contributed by atoms with Crippen molar-refractivity contribution in [2.75, 3.05) is 39.4 Å². The maximum Gasteiger partial charge on any atom is 0.261 e. The van der Waals surface area contributed by atoms with Crippen LogP contribution in [0.25, 0.3) is 0 Å². The molecule has 3 nitrogen and oxygen atoms in total. The molecule has 2 fully saturated rings. The second-order valence-corrected chi connectivity index (χ2v) is 5.43. The first-order valence-corrected chi connectivity index (χ1v) is 7.05. The average molecular weight is 262 g/mol. The Bertz CT molecular complexity index is 229. The van der Waals surface area contributed by atoms with Crippen molar-refractivity contribution >= 4 is 0 Å². The maximum atomic E-state index is 11.9. The van der Waals surface area contributed by atoms with E-state index in [0.29, 0.717) is 12.6 Å². The van der Waals surface area contributed by atoms with E-state index in [9.17, 15) is 8.78 Å². The lowest BCUT2D eigenvalue weighted by molar-refractivity contribution is 0.00762. The number of nitrogens with zero attached hydrogens (tertiary/aromatic N) is 1. The highest BCUT2D eigenvalue weighted by atomic mass is 19.3. The van der Waals surface area contributed by atoms with Crippen LogP contribution < -0.4 is 5.32 Å². The van der Waals surface area contributed by atoms with E-state index in [4.69, 9.17) is 4.74 Å². The second kappa shape index (κ2) is 7.36. The lowest BCUT2D eigenvalue weighted by Crippen LogP contribution is -2.44. The average Bonchev–Trinajstić information content (AvgIpc) is 3.17. The maximum absolute atomic E-state index is 11.9. The van der Waals surface area contributed by atoms with Crippen LogP contribution in [0.2, 0.25) is 0 Å². The Morgan fingerprint density at radius 3 is 2.50 bits per heavy atom. The fraction of sp³-hybridized carbons (Fsp3) is 1.00. The van der Waals surface area contributed by atoms with Gasteiger partial charge in [-0.3, -0.25) is 0 Å². The van der Waals surface area contributed by atoms with Crippen LogP contribution in [0.5, 0.6) is 0 Å². The van der Waals surface area contributed by atoms with Crippen molar-refractivity contribution < 1.29 is 13.5 Å². The van der Waals surface area contributed by atoms with Gasteiger partial charge in [-0.1, -0.05) is 0 Å². The first kappa shape index (κ1) is 14.2. The number of piperidine rings is 1. The molecule has 0 amide bonds. The number of nitrogens with one attached hydrogen (secondary N) is 1. The van der Waals surface area contributed by atoms with Crippen LogP contribution in [0.3, 0.4) is 0 Å². The van der Waals surface area contributed by atoms with E-state index in [-0.39, 0.29) is 0 Å². The Morgan fingerprint density at radius 1 is 1.17 bits per heavy atom. The number of likely N-dealkylation sites (tertiary alicyclic amines) is 1. The summed E-state index contributed by atoms with van der Waals surface area (Å²) in [6, 6.07) is 0.656. The van der Waals surface area contributed by atoms with E-state index in [2.05, 4.69) is 10.2 Å². The molecule has 0 atom stereocenters. The van der Waals surface area contributed by atoms with Crippen molar-refractivity contribution in [3.8, 4) is 0 Å². The zero-order chi connectivity index (χ0) is 12.8. The minimum atomic E-state index is -2.35. The van der Waals surface area contributed by atoms with Crippen molar-refractivity contribution in [1.82, 2.24) is 10.2 Å². The van der Waals surface area contributed by atoms with Crippen LogP contribution in [0.1, 0.15) is 25.7 Å². The molecule has 0 bridgehead atoms. The molecule has 0 aromatic rings. The molecule has 0 unspecified atom stereocenters. The van der Waals surface area contributed by atoms with Gasteiger partial charge >= 0.3 is 0 Å². The molecule has 106 valence electrons. The molecule has 18 heavy (non-hydrogen) atoms. The van der Waals surface area contributed by atoms with Gasteiger partial charge in [-0.2, -0.15) is 0 Å². The van der Waals surface area contributed by atoms with Gasteiger partial charge in [0.15, 0.2) is 0 Å². The van der Waals surface area contributed by atoms with E-state index < -0.39 is 13.0 Å². The van der Waals surface area contributed by atoms with Crippen molar-refractivity contribution in [2.24, 2.45) is 5.92 Å². The number of hydrogen-bond acceptors (Lipinski definition) is 3. The Kier molecular flexibility index (Phi) is 5.79. The quantitative estimate of drug-likeness (QED) is 0.674. The second-order valence-electron chi connectivity index (χ2n) is 5.43. The van der Waals surface area contributed by atoms with Crippen molar-refractivity contribution in [3.63, 3.8) is 0 Å². The van der Waals surface area contributed by atoms with Crippen LogP contribution in [0, 0.1) is 5.92 Å². The van der Waals surface area contributed by atoms with Gasteiger partial charge in [0.1, 0.15) is 6.61 Å². The Morgan fingerprint density at radius 2 is 1.89 bits per heavy atom. The number of halogens is 2. The Labute approximate surface area is 108 Å². The third-order valence-electron chi connectivity index (χ3n) is 3.78. The number of hydrogen-bond donors (Lipinski definition) is 1. The van der Waals surface area contributed by atoms with E-state index in [1.807, 2.05) is 0 Å². The number of alkyl halides is 2. The topological polar surface area (TPSA) is 24.5 Å². The zero-order valence-electron chi connectivity index (χ0n) is 10.9.